The molecule has 1 aromatic carbocycles. The van der Waals surface area contributed by atoms with Crippen molar-refractivity contribution in [1.29, 1.82) is 0 Å². The minimum atomic E-state index is -0.691. The van der Waals surface area contributed by atoms with E-state index in [1.807, 2.05) is 13.8 Å². The molecule has 0 radical (unpaired) electrons. The van der Waals surface area contributed by atoms with E-state index in [9.17, 15) is 14.0 Å². The van der Waals surface area contributed by atoms with Gasteiger partial charge in [-0.05, 0) is 25.3 Å². The topological polar surface area (TPSA) is 55.8 Å². The third-order valence-corrected chi connectivity index (χ3v) is 3.98. The molecule has 1 unspecified atom stereocenters. The fourth-order valence-electron chi connectivity index (χ4n) is 2.78. The number of halogens is 1. The summed E-state index contributed by atoms with van der Waals surface area (Å²) < 4.78 is 25.0. The third-order valence-electron chi connectivity index (χ3n) is 3.98. The van der Waals surface area contributed by atoms with Gasteiger partial charge in [-0.25, -0.2) is 9.18 Å². The lowest BCUT2D eigenvalue weighted by atomic mass is 10.0. The number of nitrogens with zero attached hydrogens (tertiary/aromatic N) is 1. The lowest BCUT2D eigenvalue weighted by Gasteiger charge is -2.27. The highest BCUT2D eigenvalue weighted by atomic mass is 19.1. The molecule has 0 spiro atoms. The van der Waals surface area contributed by atoms with Gasteiger partial charge in [0, 0.05) is 11.6 Å². The van der Waals surface area contributed by atoms with Gasteiger partial charge in [-0.1, -0.05) is 38.6 Å². The third kappa shape index (κ3) is 4.50. The van der Waals surface area contributed by atoms with E-state index in [2.05, 4.69) is 6.58 Å². The van der Waals surface area contributed by atoms with E-state index in [0.29, 0.717) is 12.0 Å². The summed E-state index contributed by atoms with van der Waals surface area (Å²) in [6.45, 7) is 9.54. The van der Waals surface area contributed by atoms with Crippen molar-refractivity contribution in [1.82, 2.24) is 4.90 Å². The van der Waals surface area contributed by atoms with Gasteiger partial charge in [0.25, 0.3) is 5.91 Å². The Bertz CT molecular complexity index is 727. The Labute approximate surface area is 153 Å². The van der Waals surface area contributed by atoms with E-state index in [4.69, 9.17) is 9.47 Å². The van der Waals surface area contributed by atoms with Crippen LogP contribution in [0.25, 0.3) is 6.08 Å². The van der Waals surface area contributed by atoms with Gasteiger partial charge in [-0.2, -0.15) is 0 Å². The van der Waals surface area contributed by atoms with Crippen LogP contribution in [0.5, 0.6) is 5.75 Å². The number of amides is 1. The second-order valence-corrected chi connectivity index (χ2v) is 6.44. The van der Waals surface area contributed by atoms with Gasteiger partial charge in [-0.3, -0.25) is 4.79 Å². The SMILES string of the molecule is C=Cc1cccc(OC2=CC(=O)N(C(CC(C)C)C(=O)OCC)C2)c1F. The first kappa shape index (κ1) is 19.7. The zero-order chi connectivity index (χ0) is 19.3. The van der Waals surface area contributed by atoms with Crippen molar-refractivity contribution in [2.24, 2.45) is 5.92 Å². The lowest BCUT2D eigenvalue weighted by molar-refractivity contribution is -0.153. The molecule has 2 rings (SSSR count). The Morgan fingerprint density at radius 2 is 2.15 bits per heavy atom. The summed E-state index contributed by atoms with van der Waals surface area (Å²) in [5.74, 6) is -0.835. The van der Waals surface area contributed by atoms with Crippen LogP contribution in [0.1, 0.15) is 32.8 Å². The van der Waals surface area contributed by atoms with Crippen LogP contribution < -0.4 is 4.74 Å². The maximum atomic E-state index is 14.3. The molecule has 140 valence electrons. The Kier molecular flexibility index (Phi) is 6.55. The van der Waals surface area contributed by atoms with Crippen LogP contribution >= 0.6 is 0 Å². The van der Waals surface area contributed by atoms with Gasteiger partial charge in [0.05, 0.1) is 13.2 Å². The predicted molar refractivity (Wildman–Crippen MR) is 96.8 cm³/mol. The molecule has 6 heteroatoms. The Morgan fingerprint density at radius 3 is 2.77 bits per heavy atom. The highest BCUT2D eigenvalue weighted by molar-refractivity contribution is 5.94. The summed E-state index contributed by atoms with van der Waals surface area (Å²) in [7, 11) is 0. The highest BCUT2D eigenvalue weighted by Crippen LogP contribution is 2.26. The van der Waals surface area contributed by atoms with Crippen LogP contribution in [0.15, 0.2) is 36.6 Å². The van der Waals surface area contributed by atoms with Gasteiger partial charge >= 0.3 is 5.97 Å². The fraction of sp³-hybridized carbons (Fsp3) is 0.400. The molecule has 1 heterocycles. The highest BCUT2D eigenvalue weighted by Gasteiger charge is 2.35. The lowest BCUT2D eigenvalue weighted by Crippen LogP contribution is -2.44. The number of esters is 1. The van der Waals surface area contributed by atoms with Crippen LogP contribution in [0, 0.1) is 11.7 Å². The minimum absolute atomic E-state index is 0.0137. The van der Waals surface area contributed by atoms with E-state index in [0.717, 1.165) is 0 Å². The van der Waals surface area contributed by atoms with E-state index < -0.39 is 17.8 Å². The van der Waals surface area contributed by atoms with Crippen molar-refractivity contribution in [3.63, 3.8) is 0 Å². The maximum Gasteiger partial charge on any atom is 0.328 e. The van der Waals surface area contributed by atoms with Crippen molar-refractivity contribution < 1.29 is 23.5 Å². The molecule has 0 fully saturated rings. The number of hydrogen-bond donors (Lipinski definition) is 0. The largest absolute Gasteiger partial charge is 0.464 e. The summed E-state index contributed by atoms with van der Waals surface area (Å²) in [5, 5.41) is 0. The predicted octanol–water partition coefficient (Wildman–Crippen LogP) is 3.55. The van der Waals surface area contributed by atoms with Gasteiger partial charge in [-0.15, -0.1) is 0 Å². The molecular weight excluding hydrogens is 337 g/mol. The molecule has 1 aliphatic rings. The summed E-state index contributed by atoms with van der Waals surface area (Å²) in [6.07, 6.45) is 3.15. The second-order valence-electron chi connectivity index (χ2n) is 6.44. The zero-order valence-electron chi connectivity index (χ0n) is 15.3. The van der Waals surface area contributed by atoms with Crippen molar-refractivity contribution >= 4 is 18.0 Å². The Hall–Kier alpha value is -2.63. The van der Waals surface area contributed by atoms with Crippen LogP contribution in [0.4, 0.5) is 4.39 Å². The van der Waals surface area contributed by atoms with E-state index in [-0.39, 0.29) is 36.5 Å². The average Bonchev–Trinajstić information content (AvgIpc) is 2.94. The molecule has 0 bridgehead atoms. The molecule has 0 N–H and O–H groups in total. The van der Waals surface area contributed by atoms with Crippen molar-refractivity contribution in [2.75, 3.05) is 13.2 Å². The summed E-state index contributed by atoms with van der Waals surface area (Å²) in [5.41, 5.74) is 0.313. The van der Waals surface area contributed by atoms with E-state index in [1.54, 1.807) is 19.1 Å². The molecule has 0 aliphatic carbocycles. The molecule has 0 saturated carbocycles. The molecule has 1 amide bonds. The molecule has 5 nitrogen and oxygen atoms in total. The fourth-order valence-corrected chi connectivity index (χ4v) is 2.78. The number of carbonyl (C=O) groups excluding carboxylic acids is 2. The summed E-state index contributed by atoms with van der Waals surface area (Å²) >= 11 is 0. The van der Waals surface area contributed by atoms with Gasteiger partial charge < -0.3 is 14.4 Å². The van der Waals surface area contributed by atoms with Crippen LogP contribution in [-0.4, -0.2) is 36.0 Å². The Morgan fingerprint density at radius 1 is 1.42 bits per heavy atom. The number of hydrogen-bond acceptors (Lipinski definition) is 4. The van der Waals surface area contributed by atoms with E-state index >= 15 is 0 Å². The first-order valence-corrected chi connectivity index (χ1v) is 8.64. The molecular formula is C20H24FNO4. The summed E-state index contributed by atoms with van der Waals surface area (Å²) in [6, 6.07) is 4.01. The van der Waals surface area contributed by atoms with Crippen molar-refractivity contribution in [3.05, 3.63) is 48.0 Å². The normalized spacial score (nSPS) is 15.0. The van der Waals surface area contributed by atoms with Gasteiger partial charge in [0.1, 0.15) is 11.8 Å². The monoisotopic (exact) mass is 361 g/mol. The van der Waals surface area contributed by atoms with Crippen LogP contribution in [-0.2, 0) is 14.3 Å². The molecule has 1 atom stereocenters. The number of carbonyl (C=O) groups is 2. The smallest absolute Gasteiger partial charge is 0.328 e. The maximum absolute atomic E-state index is 14.3. The number of benzene rings is 1. The quantitative estimate of drug-likeness (QED) is 0.665. The molecule has 1 aromatic rings. The molecule has 0 saturated heterocycles. The van der Waals surface area contributed by atoms with Crippen molar-refractivity contribution in [3.8, 4) is 5.75 Å². The minimum Gasteiger partial charge on any atom is -0.464 e. The first-order chi connectivity index (χ1) is 12.4. The van der Waals surface area contributed by atoms with Gasteiger partial charge in [0.15, 0.2) is 11.6 Å². The van der Waals surface area contributed by atoms with Crippen molar-refractivity contribution in [2.45, 2.75) is 33.2 Å². The Balaban J connectivity index is 2.16. The molecule has 0 aromatic heterocycles. The van der Waals surface area contributed by atoms with Gasteiger partial charge in [0.2, 0.25) is 0 Å². The zero-order valence-corrected chi connectivity index (χ0v) is 15.3. The molecule has 26 heavy (non-hydrogen) atoms. The number of ether oxygens (including phenoxy) is 2. The second kappa shape index (κ2) is 8.65. The number of rotatable bonds is 8. The summed E-state index contributed by atoms with van der Waals surface area (Å²) in [4.78, 5) is 26.0. The first-order valence-electron chi connectivity index (χ1n) is 8.64. The average molecular weight is 361 g/mol. The molecule has 1 aliphatic heterocycles. The van der Waals surface area contributed by atoms with Crippen LogP contribution in [0.2, 0.25) is 0 Å². The van der Waals surface area contributed by atoms with E-state index in [1.165, 1.54) is 23.1 Å². The standard InChI is InChI=1S/C20H24FNO4/c1-5-14-8-7-9-17(19(14)21)26-15-11-18(23)22(12-15)16(10-13(3)4)20(24)25-6-2/h5,7-9,11,13,16H,1,6,10,12H2,2-4H3. The van der Waals surface area contributed by atoms with Crippen LogP contribution in [0.3, 0.4) is 0 Å².